The highest BCUT2D eigenvalue weighted by Gasteiger charge is 2.13. The number of ether oxygens (including phenoxy) is 1. The van der Waals surface area contributed by atoms with Crippen molar-refractivity contribution in [2.24, 2.45) is 7.05 Å². The second-order valence-electron chi connectivity index (χ2n) is 4.53. The Bertz CT molecular complexity index is 644. The number of ketones is 1. The molecule has 1 aromatic carbocycles. The molecule has 1 heterocycles. The van der Waals surface area contributed by atoms with Crippen LogP contribution in [0.5, 0.6) is 11.5 Å². The van der Waals surface area contributed by atoms with Gasteiger partial charge in [-0.25, -0.2) is 0 Å². The quantitative estimate of drug-likeness (QED) is 0.679. The van der Waals surface area contributed by atoms with Gasteiger partial charge in [0.1, 0.15) is 11.4 Å². The molecule has 0 atom stereocenters. The first-order valence-electron chi connectivity index (χ1n) is 5.98. The molecule has 1 aromatic heterocycles. The lowest BCUT2D eigenvalue weighted by Crippen LogP contribution is -2.00. The predicted molar refractivity (Wildman–Crippen MR) is 73.6 cm³/mol. The molecule has 100 valence electrons. The monoisotopic (exact) mass is 259 g/mol. The van der Waals surface area contributed by atoms with Crippen LogP contribution in [0.3, 0.4) is 0 Å². The summed E-state index contributed by atoms with van der Waals surface area (Å²) in [5.41, 5.74) is 8.42. The highest BCUT2D eigenvalue weighted by molar-refractivity contribution is 5.99. The van der Waals surface area contributed by atoms with Crippen LogP contribution in [0.2, 0.25) is 0 Å². The smallest absolute Gasteiger partial charge is 0.171 e. The van der Waals surface area contributed by atoms with Crippen LogP contribution in [0.15, 0.2) is 18.2 Å². The molecule has 19 heavy (non-hydrogen) atoms. The lowest BCUT2D eigenvalue weighted by atomic mass is 10.1. The summed E-state index contributed by atoms with van der Waals surface area (Å²) in [4.78, 5) is 11.5. The number of nitrogens with two attached hydrogens (primary N) is 1. The summed E-state index contributed by atoms with van der Waals surface area (Å²) in [6, 6.07) is 5.07. The summed E-state index contributed by atoms with van der Waals surface area (Å²) in [5, 5.41) is 4.28. The molecule has 0 saturated carbocycles. The molecule has 0 saturated heterocycles. The van der Waals surface area contributed by atoms with Gasteiger partial charge in [-0.2, -0.15) is 5.10 Å². The standard InChI is InChI=1S/C14H17N3O2/c1-8-14(9(2)17(4)16-8)19-11-5-6-13(15)12(7-11)10(3)18/h5-7H,15H2,1-4H3. The van der Waals surface area contributed by atoms with Crippen LogP contribution in [0, 0.1) is 13.8 Å². The van der Waals surface area contributed by atoms with Crippen molar-refractivity contribution in [1.29, 1.82) is 0 Å². The number of benzene rings is 1. The van der Waals surface area contributed by atoms with Crippen molar-refractivity contribution in [3.8, 4) is 11.5 Å². The van der Waals surface area contributed by atoms with Gasteiger partial charge in [-0.15, -0.1) is 0 Å². The minimum atomic E-state index is -0.0809. The van der Waals surface area contributed by atoms with E-state index in [0.29, 0.717) is 22.7 Å². The van der Waals surface area contributed by atoms with E-state index in [0.717, 1.165) is 11.4 Å². The van der Waals surface area contributed by atoms with Crippen LogP contribution in [0.4, 0.5) is 5.69 Å². The summed E-state index contributed by atoms with van der Waals surface area (Å²) >= 11 is 0. The van der Waals surface area contributed by atoms with Crippen molar-refractivity contribution < 1.29 is 9.53 Å². The van der Waals surface area contributed by atoms with Crippen LogP contribution in [-0.4, -0.2) is 15.6 Å². The minimum Gasteiger partial charge on any atom is -0.453 e. The maximum atomic E-state index is 11.5. The first kappa shape index (κ1) is 13.1. The molecule has 0 spiro atoms. The van der Waals surface area contributed by atoms with Crippen molar-refractivity contribution in [3.05, 3.63) is 35.2 Å². The first-order chi connectivity index (χ1) is 8.90. The van der Waals surface area contributed by atoms with E-state index >= 15 is 0 Å². The summed E-state index contributed by atoms with van der Waals surface area (Å²) in [6.07, 6.45) is 0. The SMILES string of the molecule is CC(=O)c1cc(Oc2c(C)nn(C)c2C)ccc1N. The van der Waals surface area contributed by atoms with E-state index in [1.54, 1.807) is 22.9 Å². The molecule has 2 N–H and O–H groups in total. The molecule has 2 rings (SSSR count). The Kier molecular flexibility index (Phi) is 3.29. The zero-order valence-electron chi connectivity index (χ0n) is 11.5. The van der Waals surface area contributed by atoms with Gasteiger partial charge in [0.05, 0.1) is 5.69 Å². The van der Waals surface area contributed by atoms with Crippen molar-refractivity contribution in [1.82, 2.24) is 9.78 Å². The van der Waals surface area contributed by atoms with E-state index in [-0.39, 0.29) is 5.78 Å². The molecule has 0 amide bonds. The maximum Gasteiger partial charge on any atom is 0.171 e. The summed E-state index contributed by atoms with van der Waals surface area (Å²) in [7, 11) is 1.86. The highest BCUT2D eigenvalue weighted by atomic mass is 16.5. The number of anilines is 1. The van der Waals surface area contributed by atoms with Crippen molar-refractivity contribution >= 4 is 11.5 Å². The average Bonchev–Trinajstić information content (AvgIpc) is 2.58. The third-order valence-corrected chi connectivity index (χ3v) is 3.07. The maximum absolute atomic E-state index is 11.5. The van der Waals surface area contributed by atoms with E-state index in [1.165, 1.54) is 6.92 Å². The topological polar surface area (TPSA) is 70.1 Å². The van der Waals surface area contributed by atoms with Gasteiger partial charge in [-0.05, 0) is 39.0 Å². The fourth-order valence-electron chi connectivity index (χ4n) is 1.92. The predicted octanol–water partition coefficient (Wildman–Crippen LogP) is 2.61. The van der Waals surface area contributed by atoms with E-state index < -0.39 is 0 Å². The van der Waals surface area contributed by atoms with Gasteiger partial charge in [-0.3, -0.25) is 9.48 Å². The minimum absolute atomic E-state index is 0.0809. The fourth-order valence-corrected chi connectivity index (χ4v) is 1.92. The normalized spacial score (nSPS) is 10.5. The second kappa shape index (κ2) is 4.76. The number of carbonyl (C=O) groups excluding carboxylic acids is 1. The van der Waals surface area contributed by atoms with Gasteiger partial charge in [0, 0.05) is 18.3 Å². The average molecular weight is 259 g/mol. The molecule has 2 aromatic rings. The number of aromatic nitrogens is 2. The third-order valence-electron chi connectivity index (χ3n) is 3.07. The van der Waals surface area contributed by atoms with Gasteiger partial charge in [-0.1, -0.05) is 0 Å². The molecule has 0 aliphatic rings. The number of nitrogen functional groups attached to an aromatic ring is 1. The Morgan fingerprint density at radius 2 is 2.05 bits per heavy atom. The summed E-state index contributed by atoms with van der Waals surface area (Å²) in [5.74, 6) is 1.21. The third kappa shape index (κ3) is 2.45. The summed E-state index contributed by atoms with van der Waals surface area (Å²) < 4.78 is 7.57. The molecule has 0 fully saturated rings. The molecule has 5 nitrogen and oxygen atoms in total. The van der Waals surface area contributed by atoms with Crippen LogP contribution in [-0.2, 0) is 7.05 Å². The molecular weight excluding hydrogens is 242 g/mol. The van der Waals surface area contributed by atoms with Crippen molar-refractivity contribution in [2.45, 2.75) is 20.8 Å². The van der Waals surface area contributed by atoms with Gasteiger partial charge in [0.2, 0.25) is 0 Å². The first-order valence-corrected chi connectivity index (χ1v) is 5.98. The van der Waals surface area contributed by atoms with Crippen molar-refractivity contribution in [3.63, 3.8) is 0 Å². The highest BCUT2D eigenvalue weighted by Crippen LogP contribution is 2.29. The van der Waals surface area contributed by atoms with Gasteiger partial charge < -0.3 is 10.5 Å². The molecule has 0 aliphatic heterocycles. The number of carbonyl (C=O) groups is 1. The van der Waals surface area contributed by atoms with E-state index in [1.807, 2.05) is 20.9 Å². The second-order valence-corrected chi connectivity index (χ2v) is 4.53. The number of Topliss-reactive ketones (excluding diaryl/α,β-unsaturated/α-hetero) is 1. The van der Waals surface area contributed by atoms with Crippen LogP contribution in [0.1, 0.15) is 28.7 Å². The fraction of sp³-hybridized carbons (Fsp3) is 0.286. The Balaban J connectivity index is 2.39. The zero-order valence-corrected chi connectivity index (χ0v) is 11.5. The Morgan fingerprint density at radius 1 is 1.37 bits per heavy atom. The lowest BCUT2D eigenvalue weighted by molar-refractivity contribution is 0.101. The largest absolute Gasteiger partial charge is 0.453 e. The van der Waals surface area contributed by atoms with Crippen molar-refractivity contribution in [2.75, 3.05) is 5.73 Å². The zero-order chi connectivity index (χ0) is 14.2. The van der Waals surface area contributed by atoms with E-state index in [2.05, 4.69) is 5.10 Å². The Hall–Kier alpha value is -2.30. The van der Waals surface area contributed by atoms with Crippen LogP contribution in [0.25, 0.3) is 0 Å². The number of hydrogen-bond acceptors (Lipinski definition) is 4. The molecule has 0 unspecified atom stereocenters. The molecular formula is C14H17N3O2. The summed E-state index contributed by atoms with van der Waals surface area (Å²) in [6.45, 7) is 5.29. The van der Waals surface area contributed by atoms with Crippen LogP contribution < -0.4 is 10.5 Å². The Morgan fingerprint density at radius 3 is 2.58 bits per heavy atom. The van der Waals surface area contributed by atoms with Gasteiger partial charge in [0.25, 0.3) is 0 Å². The molecule has 0 bridgehead atoms. The van der Waals surface area contributed by atoms with Gasteiger partial charge in [0.15, 0.2) is 11.5 Å². The molecule has 0 radical (unpaired) electrons. The lowest BCUT2D eigenvalue weighted by Gasteiger charge is -2.08. The number of hydrogen-bond donors (Lipinski definition) is 1. The van der Waals surface area contributed by atoms with Crippen LogP contribution >= 0.6 is 0 Å². The van der Waals surface area contributed by atoms with E-state index in [4.69, 9.17) is 10.5 Å². The van der Waals surface area contributed by atoms with Gasteiger partial charge >= 0.3 is 0 Å². The number of rotatable bonds is 3. The Labute approximate surface area is 112 Å². The number of aryl methyl sites for hydroxylation is 2. The molecule has 0 aliphatic carbocycles. The van der Waals surface area contributed by atoms with E-state index in [9.17, 15) is 4.79 Å². The molecule has 5 heteroatoms. The number of nitrogens with zero attached hydrogens (tertiary/aromatic N) is 2.